The van der Waals surface area contributed by atoms with Crippen molar-refractivity contribution >= 4 is 29.0 Å². The van der Waals surface area contributed by atoms with Gasteiger partial charge in [-0.2, -0.15) is 0 Å². The molecule has 148 valence electrons. The predicted octanol–water partition coefficient (Wildman–Crippen LogP) is 4.36. The van der Waals surface area contributed by atoms with Crippen molar-refractivity contribution in [2.45, 2.75) is 19.4 Å². The first-order valence-electron chi connectivity index (χ1n) is 9.74. The van der Waals surface area contributed by atoms with E-state index in [0.717, 1.165) is 22.5 Å². The summed E-state index contributed by atoms with van der Waals surface area (Å²) in [6, 6.07) is 19.3. The third-order valence-corrected chi connectivity index (χ3v) is 6.04. The number of anilines is 1. The molecular formula is C23H23N3O2S. The number of nitrogens with one attached hydrogen (secondary N) is 2. The Morgan fingerprint density at radius 1 is 1.17 bits per heavy atom. The van der Waals surface area contributed by atoms with Crippen molar-refractivity contribution in [3.05, 3.63) is 87.6 Å². The highest BCUT2D eigenvalue weighted by Gasteiger charge is 2.23. The highest BCUT2D eigenvalue weighted by molar-refractivity contribution is 7.10. The summed E-state index contributed by atoms with van der Waals surface area (Å²) in [7, 11) is 0. The van der Waals surface area contributed by atoms with Crippen LogP contribution < -0.4 is 15.5 Å². The Balaban J connectivity index is 1.59. The van der Waals surface area contributed by atoms with E-state index in [1.54, 1.807) is 28.4 Å². The minimum Gasteiger partial charge on any atom is -0.340 e. The van der Waals surface area contributed by atoms with E-state index in [9.17, 15) is 9.59 Å². The van der Waals surface area contributed by atoms with Crippen LogP contribution in [0.1, 0.15) is 39.3 Å². The number of carbonyl (C=O) groups excluding carboxylic acids is 2. The number of rotatable bonds is 6. The van der Waals surface area contributed by atoms with Gasteiger partial charge in [0, 0.05) is 29.2 Å². The highest BCUT2D eigenvalue weighted by Crippen LogP contribution is 2.27. The number of hydrogen-bond acceptors (Lipinski definition) is 3. The second-order valence-electron chi connectivity index (χ2n) is 6.95. The van der Waals surface area contributed by atoms with Crippen molar-refractivity contribution in [2.24, 2.45) is 0 Å². The summed E-state index contributed by atoms with van der Waals surface area (Å²) in [4.78, 5) is 27.7. The molecule has 1 aliphatic heterocycles. The average molecular weight is 406 g/mol. The minimum atomic E-state index is -0.216. The predicted molar refractivity (Wildman–Crippen MR) is 117 cm³/mol. The summed E-state index contributed by atoms with van der Waals surface area (Å²) >= 11 is 1.62. The minimum absolute atomic E-state index is 0.130. The van der Waals surface area contributed by atoms with Crippen molar-refractivity contribution in [1.29, 1.82) is 0 Å². The lowest BCUT2D eigenvalue weighted by atomic mass is 10.0. The number of nitrogens with zero attached hydrogens (tertiary/aromatic N) is 1. The van der Waals surface area contributed by atoms with Crippen molar-refractivity contribution < 1.29 is 9.59 Å². The molecule has 0 aliphatic carbocycles. The van der Waals surface area contributed by atoms with Crippen LogP contribution in [0.5, 0.6) is 0 Å². The summed E-state index contributed by atoms with van der Waals surface area (Å²) in [5.74, 6) is -0.163. The fourth-order valence-corrected chi connectivity index (χ4v) is 4.27. The second kappa shape index (κ2) is 8.49. The third kappa shape index (κ3) is 4.17. The molecule has 2 aromatic carbocycles. The van der Waals surface area contributed by atoms with Gasteiger partial charge in [-0.3, -0.25) is 9.69 Å². The second-order valence-corrected chi connectivity index (χ2v) is 7.93. The zero-order valence-electron chi connectivity index (χ0n) is 16.2. The molecule has 5 nitrogen and oxygen atoms in total. The van der Waals surface area contributed by atoms with Gasteiger partial charge >= 0.3 is 6.03 Å². The number of aryl methyl sites for hydroxylation is 1. The van der Waals surface area contributed by atoms with Gasteiger partial charge in [0.15, 0.2) is 0 Å². The van der Waals surface area contributed by atoms with Crippen LogP contribution in [0.2, 0.25) is 0 Å². The normalized spacial score (nSPS) is 14.5. The quantitative estimate of drug-likeness (QED) is 0.640. The SMILES string of the molecule is CCc1ccc(C(NC(=O)c2cccc(N3CCNC3=O)c2)c2cccs2)cc1. The van der Waals surface area contributed by atoms with Crippen LogP contribution in [0, 0.1) is 0 Å². The lowest BCUT2D eigenvalue weighted by Gasteiger charge is -2.20. The fraction of sp³-hybridized carbons (Fsp3) is 0.217. The van der Waals surface area contributed by atoms with Gasteiger partial charge < -0.3 is 10.6 Å². The van der Waals surface area contributed by atoms with E-state index in [1.807, 2.05) is 29.6 Å². The Morgan fingerprint density at radius 2 is 2.00 bits per heavy atom. The molecule has 6 heteroatoms. The molecule has 2 N–H and O–H groups in total. The largest absolute Gasteiger partial charge is 0.340 e. The van der Waals surface area contributed by atoms with Crippen LogP contribution in [0.4, 0.5) is 10.5 Å². The molecule has 0 bridgehead atoms. The molecule has 1 aromatic heterocycles. The topological polar surface area (TPSA) is 61.4 Å². The number of thiophene rings is 1. The molecule has 3 amide bonds. The summed E-state index contributed by atoms with van der Waals surface area (Å²) < 4.78 is 0. The van der Waals surface area contributed by atoms with Crippen LogP contribution in [0.25, 0.3) is 0 Å². The lowest BCUT2D eigenvalue weighted by molar-refractivity contribution is 0.0943. The number of benzene rings is 2. The first kappa shape index (κ1) is 19.2. The molecule has 1 aliphatic rings. The average Bonchev–Trinajstić information content (AvgIpc) is 3.44. The molecule has 1 fully saturated rings. The lowest BCUT2D eigenvalue weighted by Crippen LogP contribution is -2.30. The Hall–Kier alpha value is -3.12. The zero-order valence-corrected chi connectivity index (χ0v) is 17.0. The van der Waals surface area contributed by atoms with Crippen molar-refractivity contribution in [1.82, 2.24) is 10.6 Å². The van der Waals surface area contributed by atoms with Gasteiger partial charge in [-0.15, -0.1) is 11.3 Å². The molecular weight excluding hydrogens is 382 g/mol. The maximum atomic E-state index is 13.1. The van der Waals surface area contributed by atoms with E-state index in [4.69, 9.17) is 0 Å². The smallest absolute Gasteiger partial charge is 0.321 e. The zero-order chi connectivity index (χ0) is 20.2. The summed E-state index contributed by atoms with van der Waals surface area (Å²) in [6.45, 7) is 3.34. The van der Waals surface area contributed by atoms with Crippen LogP contribution >= 0.6 is 11.3 Å². The van der Waals surface area contributed by atoms with Gasteiger partial charge in [-0.05, 0) is 47.2 Å². The van der Waals surface area contributed by atoms with Gasteiger partial charge in [0.05, 0.1) is 6.04 Å². The van der Waals surface area contributed by atoms with Crippen LogP contribution in [0.15, 0.2) is 66.0 Å². The fourth-order valence-electron chi connectivity index (χ4n) is 3.47. The van der Waals surface area contributed by atoms with Gasteiger partial charge in [-0.25, -0.2) is 4.79 Å². The van der Waals surface area contributed by atoms with E-state index in [0.29, 0.717) is 18.7 Å². The molecule has 3 aromatic rings. The number of amides is 3. The first-order valence-corrected chi connectivity index (χ1v) is 10.6. The number of hydrogen-bond donors (Lipinski definition) is 2. The standard InChI is InChI=1S/C23H23N3O2S/c1-2-16-8-10-17(11-9-16)21(20-7-4-14-29-20)25-22(27)18-5-3-6-19(15-18)26-13-12-24-23(26)28/h3-11,14-15,21H,2,12-13H2,1H3,(H,24,28)(H,25,27). The molecule has 1 unspecified atom stereocenters. The third-order valence-electron chi connectivity index (χ3n) is 5.10. The molecule has 0 saturated carbocycles. The summed E-state index contributed by atoms with van der Waals surface area (Å²) in [6.07, 6.45) is 0.979. The number of urea groups is 1. The molecule has 1 atom stereocenters. The van der Waals surface area contributed by atoms with Crippen molar-refractivity contribution in [3.8, 4) is 0 Å². The van der Waals surface area contributed by atoms with Gasteiger partial charge in [-0.1, -0.05) is 43.3 Å². The highest BCUT2D eigenvalue weighted by atomic mass is 32.1. The Labute approximate surface area is 174 Å². The monoisotopic (exact) mass is 405 g/mol. The van der Waals surface area contributed by atoms with E-state index in [2.05, 4.69) is 41.8 Å². The Morgan fingerprint density at radius 3 is 2.66 bits per heavy atom. The van der Waals surface area contributed by atoms with Crippen LogP contribution in [0.3, 0.4) is 0 Å². The van der Waals surface area contributed by atoms with E-state index in [1.165, 1.54) is 5.56 Å². The first-order chi connectivity index (χ1) is 14.2. The van der Waals surface area contributed by atoms with Gasteiger partial charge in [0.2, 0.25) is 0 Å². The maximum Gasteiger partial charge on any atom is 0.321 e. The number of carbonyl (C=O) groups is 2. The van der Waals surface area contributed by atoms with Gasteiger partial charge in [0.25, 0.3) is 5.91 Å². The van der Waals surface area contributed by atoms with E-state index in [-0.39, 0.29) is 18.0 Å². The molecule has 4 rings (SSSR count). The summed E-state index contributed by atoms with van der Waals surface area (Å²) in [5, 5.41) is 7.97. The van der Waals surface area contributed by atoms with Crippen LogP contribution in [-0.4, -0.2) is 25.0 Å². The molecule has 2 heterocycles. The molecule has 1 saturated heterocycles. The van der Waals surface area contributed by atoms with Crippen molar-refractivity contribution in [2.75, 3.05) is 18.0 Å². The van der Waals surface area contributed by atoms with E-state index < -0.39 is 0 Å². The van der Waals surface area contributed by atoms with E-state index >= 15 is 0 Å². The van der Waals surface area contributed by atoms with Crippen LogP contribution in [-0.2, 0) is 6.42 Å². The maximum absolute atomic E-state index is 13.1. The molecule has 0 spiro atoms. The summed E-state index contributed by atoms with van der Waals surface area (Å²) in [5.41, 5.74) is 3.58. The Bertz CT molecular complexity index is 999. The Kier molecular flexibility index (Phi) is 5.62. The molecule has 0 radical (unpaired) electrons. The van der Waals surface area contributed by atoms with Crippen molar-refractivity contribution in [3.63, 3.8) is 0 Å². The van der Waals surface area contributed by atoms with Gasteiger partial charge in [0.1, 0.15) is 0 Å². The molecule has 29 heavy (non-hydrogen) atoms.